The highest BCUT2D eigenvalue weighted by Gasteiger charge is 2.29. The summed E-state index contributed by atoms with van der Waals surface area (Å²) in [5.41, 5.74) is 4.78. The van der Waals surface area contributed by atoms with Gasteiger partial charge in [0.25, 0.3) is 11.8 Å². The number of hydrogen-bond acceptors (Lipinski definition) is 3. The summed E-state index contributed by atoms with van der Waals surface area (Å²) in [6.45, 7) is 2.62. The Kier molecular flexibility index (Phi) is 7.19. The third kappa shape index (κ3) is 5.65. The zero-order valence-electron chi connectivity index (χ0n) is 20.3. The maximum Gasteiger partial charge on any atom is 0.265 e. The molecule has 4 nitrogen and oxygen atoms in total. The number of aryl methyl sites for hydroxylation is 1. The Morgan fingerprint density at radius 2 is 1.62 bits per heavy atom. The van der Waals surface area contributed by atoms with E-state index in [9.17, 15) is 14.0 Å². The van der Waals surface area contributed by atoms with Gasteiger partial charge in [0.15, 0.2) is 0 Å². The van der Waals surface area contributed by atoms with E-state index < -0.39 is 0 Å². The van der Waals surface area contributed by atoms with Gasteiger partial charge in [-0.1, -0.05) is 84.1 Å². The van der Waals surface area contributed by atoms with Gasteiger partial charge in [-0.3, -0.25) is 9.59 Å². The van der Waals surface area contributed by atoms with Crippen LogP contribution in [0.3, 0.4) is 0 Å². The molecular weight excluding hydrogens is 483 g/mol. The lowest BCUT2D eigenvalue weighted by Crippen LogP contribution is -2.34. The minimum Gasteiger partial charge on any atom is -0.348 e. The van der Waals surface area contributed by atoms with Gasteiger partial charge in [-0.15, -0.1) is 0 Å². The Hall–Kier alpha value is -4.16. The van der Waals surface area contributed by atoms with Crippen LogP contribution >= 0.6 is 11.8 Å². The molecule has 0 aromatic heterocycles. The Morgan fingerprint density at radius 3 is 2.38 bits per heavy atom. The molecular formula is C31H25FN2O2S. The number of nitrogens with zero attached hydrogens (tertiary/aromatic N) is 1. The first-order chi connectivity index (χ1) is 18.0. The molecule has 1 heterocycles. The van der Waals surface area contributed by atoms with Crippen molar-refractivity contribution in [2.24, 2.45) is 0 Å². The number of carbonyl (C=O) groups is 2. The van der Waals surface area contributed by atoms with E-state index in [0.29, 0.717) is 22.6 Å². The van der Waals surface area contributed by atoms with Gasteiger partial charge in [-0.2, -0.15) is 0 Å². The van der Waals surface area contributed by atoms with Crippen molar-refractivity contribution in [2.45, 2.75) is 24.9 Å². The van der Waals surface area contributed by atoms with Crippen LogP contribution in [-0.4, -0.2) is 11.8 Å². The number of para-hydroxylation sites is 1. The van der Waals surface area contributed by atoms with Crippen LogP contribution in [0.25, 0.3) is 6.08 Å². The number of anilines is 1. The molecule has 2 amide bonds. The Bertz CT molecular complexity index is 1480. The highest BCUT2D eigenvalue weighted by molar-refractivity contribution is 8.04. The van der Waals surface area contributed by atoms with Gasteiger partial charge < -0.3 is 10.2 Å². The lowest BCUT2D eigenvalue weighted by molar-refractivity contribution is -0.114. The summed E-state index contributed by atoms with van der Waals surface area (Å²) in [4.78, 5) is 29.1. The molecule has 0 radical (unpaired) electrons. The molecule has 6 heteroatoms. The number of fused-ring (bicyclic) bond motifs is 1. The second-order valence-corrected chi connectivity index (χ2v) is 9.94. The van der Waals surface area contributed by atoms with Crippen molar-refractivity contribution in [1.29, 1.82) is 0 Å². The van der Waals surface area contributed by atoms with Crippen molar-refractivity contribution < 1.29 is 14.0 Å². The summed E-state index contributed by atoms with van der Waals surface area (Å²) in [7, 11) is 0. The molecule has 1 aliphatic heterocycles. The number of hydrogen-bond donors (Lipinski definition) is 1. The lowest BCUT2D eigenvalue weighted by Gasteiger charge is -2.30. The van der Waals surface area contributed by atoms with Crippen LogP contribution in [0.4, 0.5) is 10.1 Å². The zero-order valence-corrected chi connectivity index (χ0v) is 21.1. The smallest absolute Gasteiger partial charge is 0.265 e. The number of amides is 2. The molecule has 184 valence electrons. The fraction of sp³-hybridized carbons (Fsp3) is 0.0968. The van der Waals surface area contributed by atoms with Gasteiger partial charge in [-0.05, 0) is 54.5 Å². The molecule has 1 N–H and O–H groups in total. The van der Waals surface area contributed by atoms with E-state index in [1.54, 1.807) is 35.2 Å². The number of halogens is 1. The highest BCUT2D eigenvalue weighted by atomic mass is 32.2. The van der Waals surface area contributed by atoms with Crippen LogP contribution in [-0.2, 0) is 17.9 Å². The van der Waals surface area contributed by atoms with Gasteiger partial charge in [-0.25, -0.2) is 4.39 Å². The number of carbonyl (C=O) groups excluding carboxylic acids is 2. The lowest BCUT2D eigenvalue weighted by atomic mass is 10.1. The number of rotatable bonds is 6. The fourth-order valence-electron chi connectivity index (χ4n) is 4.09. The molecule has 0 saturated heterocycles. The van der Waals surface area contributed by atoms with E-state index in [-0.39, 0.29) is 24.2 Å². The molecule has 0 fully saturated rings. The number of benzene rings is 4. The summed E-state index contributed by atoms with van der Waals surface area (Å²) >= 11 is 1.39. The van der Waals surface area contributed by atoms with Gasteiger partial charge in [0.05, 0.1) is 17.1 Å². The highest BCUT2D eigenvalue weighted by Crippen LogP contribution is 2.42. The largest absolute Gasteiger partial charge is 0.348 e. The minimum atomic E-state index is -0.340. The van der Waals surface area contributed by atoms with E-state index in [1.807, 2.05) is 73.7 Å². The number of thioether (sulfide) groups is 1. The van der Waals surface area contributed by atoms with Gasteiger partial charge in [0.2, 0.25) is 0 Å². The van der Waals surface area contributed by atoms with Crippen molar-refractivity contribution in [3.63, 3.8) is 0 Å². The van der Waals surface area contributed by atoms with Crippen molar-refractivity contribution >= 4 is 35.3 Å². The van der Waals surface area contributed by atoms with Crippen LogP contribution < -0.4 is 10.2 Å². The van der Waals surface area contributed by atoms with Crippen molar-refractivity contribution in [3.8, 4) is 0 Å². The molecule has 1 aliphatic rings. The Balaban J connectivity index is 1.33. The molecule has 4 aromatic rings. The molecule has 0 spiro atoms. The Morgan fingerprint density at radius 1 is 0.919 bits per heavy atom. The van der Waals surface area contributed by atoms with E-state index >= 15 is 0 Å². The number of nitrogens with one attached hydrogen (secondary N) is 1. The minimum absolute atomic E-state index is 0.139. The monoisotopic (exact) mass is 508 g/mol. The summed E-state index contributed by atoms with van der Waals surface area (Å²) < 4.78 is 14.4. The summed E-state index contributed by atoms with van der Waals surface area (Å²) in [6, 6.07) is 29.3. The molecule has 0 saturated carbocycles. The third-order valence-electron chi connectivity index (χ3n) is 6.16. The van der Waals surface area contributed by atoms with E-state index in [2.05, 4.69) is 5.32 Å². The second-order valence-electron chi connectivity index (χ2n) is 8.85. The van der Waals surface area contributed by atoms with E-state index in [1.165, 1.54) is 23.4 Å². The molecule has 0 atom stereocenters. The molecule has 0 bridgehead atoms. The van der Waals surface area contributed by atoms with Crippen LogP contribution in [0.1, 0.15) is 32.6 Å². The normalized spacial score (nSPS) is 13.9. The van der Waals surface area contributed by atoms with Gasteiger partial charge >= 0.3 is 0 Å². The summed E-state index contributed by atoms with van der Waals surface area (Å²) in [5.74, 6) is -0.687. The Labute approximate surface area is 219 Å². The first-order valence-electron chi connectivity index (χ1n) is 12.0. The summed E-state index contributed by atoms with van der Waals surface area (Å²) in [6.07, 6.45) is 1.81. The summed E-state index contributed by atoms with van der Waals surface area (Å²) in [5, 5.41) is 2.94. The predicted molar refractivity (Wildman–Crippen MR) is 147 cm³/mol. The fourth-order valence-corrected chi connectivity index (χ4v) is 5.15. The third-order valence-corrected chi connectivity index (χ3v) is 7.24. The van der Waals surface area contributed by atoms with Crippen molar-refractivity contribution in [2.75, 3.05) is 4.90 Å². The maximum absolute atomic E-state index is 14.4. The standard InChI is InChI=1S/C31H25FN2O2S/c1-21-10-12-23(13-11-21)19-33-30(35)24-16-14-22(15-17-24)18-29-31(36)34(20-25-6-2-3-7-26(25)32)27-8-4-5-9-28(27)37-29/h2-18H,19-20H2,1H3,(H,33,35)/b29-18-. The predicted octanol–water partition coefficient (Wildman–Crippen LogP) is 6.74. The second kappa shape index (κ2) is 10.8. The SMILES string of the molecule is Cc1ccc(CNC(=O)c2ccc(/C=C3\Sc4ccccc4N(Cc4ccccc4F)C3=O)cc2)cc1. The molecule has 0 unspecified atom stereocenters. The average Bonchev–Trinajstić information content (AvgIpc) is 2.92. The molecule has 5 rings (SSSR count). The topological polar surface area (TPSA) is 49.4 Å². The average molecular weight is 509 g/mol. The van der Waals surface area contributed by atoms with Crippen molar-refractivity contribution in [3.05, 3.63) is 136 Å². The van der Waals surface area contributed by atoms with Gasteiger partial charge in [0, 0.05) is 22.6 Å². The molecule has 0 aliphatic carbocycles. The quantitative estimate of drug-likeness (QED) is 0.293. The maximum atomic E-state index is 14.4. The van der Waals surface area contributed by atoms with Crippen LogP contribution in [0.5, 0.6) is 0 Å². The first kappa shape index (κ1) is 24.5. The van der Waals surface area contributed by atoms with Crippen molar-refractivity contribution in [1.82, 2.24) is 5.32 Å². The van der Waals surface area contributed by atoms with Gasteiger partial charge in [0.1, 0.15) is 5.82 Å². The molecule has 37 heavy (non-hydrogen) atoms. The van der Waals surface area contributed by atoms with Crippen LogP contribution in [0.2, 0.25) is 0 Å². The van der Waals surface area contributed by atoms with E-state index in [4.69, 9.17) is 0 Å². The molecule has 4 aromatic carbocycles. The zero-order chi connectivity index (χ0) is 25.8. The van der Waals surface area contributed by atoms with E-state index in [0.717, 1.165) is 21.7 Å². The van der Waals surface area contributed by atoms with Crippen LogP contribution in [0.15, 0.2) is 107 Å². The van der Waals surface area contributed by atoms with Crippen LogP contribution in [0, 0.1) is 12.7 Å². The first-order valence-corrected chi connectivity index (χ1v) is 12.8.